The number of carbonyl (C=O) groups is 1. The van der Waals surface area contributed by atoms with Crippen LogP contribution in [0, 0.1) is 0 Å². The highest BCUT2D eigenvalue weighted by molar-refractivity contribution is 7.89. The molecule has 0 aliphatic carbocycles. The number of benzene rings is 1. The molecule has 0 fully saturated rings. The zero-order valence-electron chi connectivity index (χ0n) is 11.4. The Balaban J connectivity index is 3.12. The SMILES string of the molecule is CC[C@H](NS(=O)(=O)c1ccc(OC)c(OC)c1)C(=O)O. The highest BCUT2D eigenvalue weighted by Gasteiger charge is 2.24. The van der Waals surface area contributed by atoms with Gasteiger partial charge in [-0.15, -0.1) is 0 Å². The first-order valence-electron chi connectivity index (χ1n) is 5.82. The molecule has 1 atom stereocenters. The number of aliphatic carboxylic acids is 1. The van der Waals surface area contributed by atoms with Crippen LogP contribution in [0.2, 0.25) is 0 Å². The van der Waals surface area contributed by atoms with Gasteiger partial charge in [-0.2, -0.15) is 4.72 Å². The molecular weight excluding hydrogens is 286 g/mol. The van der Waals surface area contributed by atoms with Crippen molar-refractivity contribution in [3.63, 3.8) is 0 Å². The minimum Gasteiger partial charge on any atom is -0.493 e. The fourth-order valence-corrected chi connectivity index (χ4v) is 2.83. The number of methoxy groups -OCH3 is 2. The van der Waals surface area contributed by atoms with Gasteiger partial charge in [0, 0.05) is 6.07 Å². The molecule has 0 amide bonds. The predicted molar refractivity (Wildman–Crippen MR) is 71.6 cm³/mol. The molecule has 20 heavy (non-hydrogen) atoms. The lowest BCUT2D eigenvalue weighted by molar-refractivity contribution is -0.139. The lowest BCUT2D eigenvalue weighted by Crippen LogP contribution is -2.40. The second-order valence-corrected chi connectivity index (χ2v) is 5.65. The third-order valence-electron chi connectivity index (χ3n) is 2.67. The Kier molecular flexibility index (Phi) is 5.34. The van der Waals surface area contributed by atoms with E-state index in [1.54, 1.807) is 6.92 Å². The van der Waals surface area contributed by atoms with Gasteiger partial charge in [0.05, 0.1) is 19.1 Å². The zero-order valence-corrected chi connectivity index (χ0v) is 12.2. The van der Waals surface area contributed by atoms with E-state index in [0.29, 0.717) is 5.75 Å². The lowest BCUT2D eigenvalue weighted by Gasteiger charge is -2.14. The average molecular weight is 303 g/mol. The highest BCUT2D eigenvalue weighted by Crippen LogP contribution is 2.29. The Hall–Kier alpha value is -1.80. The van der Waals surface area contributed by atoms with E-state index in [-0.39, 0.29) is 17.1 Å². The molecule has 0 aromatic heterocycles. The van der Waals surface area contributed by atoms with Gasteiger partial charge in [-0.25, -0.2) is 8.42 Å². The van der Waals surface area contributed by atoms with E-state index >= 15 is 0 Å². The van der Waals surface area contributed by atoms with Crippen molar-refractivity contribution in [1.82, 2.24) is 4.72 Å². The summed E-state index contributed by atoms with van der Waals surface area (Å²) in [6.07, 6.45) is 0.141. The monoisotopic (exact) mass is 303 g/mol. The Morgan fingerprint density at radius 1 is 1.30 bits per heavy atom. The minimum absolute atomic E-state index is 0.0881. The smallest absolute Gasteiger partial charge is 0.321 e. The van der Waals surface area contributed by atoms with Crippen LogP contribution in [-0.2, 0) is 14.8 Å². The summed E-state index contributed by atoms with van der Waals surface area (Å²) in [5.41, 5.74) is 0. The molecule has 0 bridgehead atoms. The van der Waals surface area contributed by atoms with E-state index in [1.165, 1.54) is 32.4 Å². The third kappa shape index (κ3) is 3.61. The topological polar surface area (TPSA) is 102 Å². The van der Waals surface area contributed by atoms with Gasteiger partial charge < -0.3 is 14.6 Å². The van der Waals surface area contributed by atoms with Gasteiger partial charge in [0.2, 0.25) is 10.0 Å². The zero-order chi connectivity index (χ0) is 15.3. The van der Waals surface area contributed by atoms with Crippen molar-refractivity contribution < 1.29 is 27.8 Å². The van der Waals surface area contributed by atoms with Crippen LogP contribution < -0.4 is 14.2 Å². The van der Waals surface area contributed by atoms with Crippen molar-refractivity contribution in [1.29, 1.82) is 0 Å². The largest absolute Gasteiger partial charge is 0.493 e. The van der Waals surface area contributed by atoms with E-state index in [4.69, 9.17) is 14.6 Å². The van der Waals surface area contributed by atoms with Crippen LogP contribution in [0.15, 0.2) is 23.1 Å². The van der Waals surface area contributed by atoms with Crippen LogP contribution >= 0.6 is 0 Å². The number of rotatable bonds is 7. The van der Waals surface area contributed by atoms with E-state index in [0.717, 1.165) is 0 Å². The van der Waals surface area contributed by atoms with E-state index < -0.39 is 22.0 Å². The van der Waals surface area contributed by atoms with Crippen molar-refractivity contribution in [2.45, 2.75) is 24.3 Å². The molecule has 0 saturated carbocycles. The van der Waals surface area contributed by atoms with Gasteiger partial charge >= 0.3 is 5.97 Å². The Morgan fingerprint density at radius 3 is 2.35 bits per heavy atom. The van der Waals surface area contributed by atoms with Gasteiger partial charge in [0.1, 0.15) is 6.04 Å². The number of nitrogens with one attached hydrogen (secondary N) is 1. The normalized spacial score (nSPS) is 12.8. The lowest BCUT2D eigenvalue weighted by atomic mass is 10.2. The molecule has 0 aliphatic heterocycles. The number of ether oxygens (including phenoxy) is 2. The third-order valence-corrected chi connectivity index (χ3v) is 4.14. The summed E-state index contributed by atoms with van der Waals surface area (Å²) in [7, 11) is -1.13. The van der Waals surface area contributed by atoms with E-state index in [2.05, 4.69) is 4.72 Å². The van der Waals surface area contributed by atoms with Gasteiger partial charge in [-0.3, -0.25) is 4.79 Å². The highest BCUT2D eigenvalue weighted by atomic mass is 32.2. The summed E-state index contributed by atoms with van der Waals surface area (Å²) < 4.78 is 36.4. The van der Waals surface area contributed by atoms with E-state index in [1.807, 2.05) is 0 Å². The van der Waals surface area contributed by atoms with Crippen LogP contribution in [0.5, 0.6) is 11.5 Å². The van der Waals surface area contributed by atoms with E-state index in [9.17, 15) is 13.2 Å². The fourth-order valence-electron chi connectivity index (χ4n) is 1.55. The summed E-state index contributed by atoms with van der Waals surface area (Å²) in [6.45, 7) is 1.58. The maximum atomic E-state index is 12.1. The number of carboxylic acid groups (broad SMARTS) is 1. The van der Waals surface area contributed by atoms with Crippen LogP contribution in [0.3, 0.4) is 0 Å². The number of hydrogen-bond acceptors (Lipinski definition) is 5. The van der Waals surface area contributed by atoms with Crippen molar-refractivity contribution >= 4 is 16.0 Å². The molecule has 7 nitrogen and oxygen atoms in total. The fraction of sp³-hybridized carbons (Fsp3) is 0.417. The number of sulfonamides is 1. The van der Waals surface area contributed by atoms with Crippen LogP contribution in [0.25, 0.3) is 0 Å². The molecule has 0 radical (unpaired) electrons. The predicted octanol–water partition coefficient (Wildman–Crippen LogP) is 0.845. The first kappa shape index (κ1) is 16.3. The molecule has 0 aliphatic rings. The second-order valence-electron chi connectivity index (χ2n) is 3.94. The molecule has 0 saturated heterocycles. The molecule has 8 heteroatoms. The van der Waals surface area contributed by atoms with Gasteiger partial charge in [-0.05, 0) is 18.6 Å². The Labute approximate surface area is 117 Å². The van der Waals surface area contributed by atoms with Crippen molar-refractivity contribution in [2.75, 3.05) is 14.2 Å². The number of carboxylic acids is 1. The first-order chi connectivity index (χ1) is 9.35. The molecule has 2 N–H and O–H groups in total. The molecule has 1 rings (SSSR count). The van der Waals surface area contributed by atoms with Gasteiger partial charge in [0.15, 0.2) is 11.5 Å². The molecule has 1 aromatic carbocycles. The maximum Gasteiger partial charge on any atom is 0.321 e. The quantitative estimate of drug-likeness (QED) is 0.774. The van der Waals surface area contributed by atoms with Crippen LogP contribution in [0.1, 0.15) is 13.3 Å². The molecule has 1 aromatic rings. The molecule has 0 heterocycles. The molecule has 0 unspecified atom stereocenters. The maximum absolute atomic E-state index is 12.1. The summed E-state index contributed by atoms with van der Waals surface area (Å²) in [4.78, 5) is 10.8. The molecular formula is C12H17NO6S. The second kappa shape index (κ2) is 6.58. The molecule has 0 spiro atoms. The number of hydrogen-bond donors (Lipinski definition) is 2. The molecule has 112 valence electrons. The van der Waals surface area contributed by atoms with Crippen LogP contribution in [-0.4, -0.2) is 39.8 Å². The Morgan fingerprint density at radius 2 is 1.90 bits per heavy atom. The summed E-state index contributed by atoms with van der Waals surface area (Å²) in [5, 5.41) is 8.89. The van der Waals surface area contributed by atoms with Crippen LogP contribution in [0.4, 0.5) is 0 Å². The summed E-state index contributed by atoms with van der Waals surface area (Å²) >= 11 is 0. The summed E-state index contributed by atoms with van der Waals surface area (Å²) in [6, 6.07) is 2.86. The first-order valence-corrected chi connectivity index (χ1v) is 7.31. The van der Waals surface area contributed by atoms with Gasteiger partial charge in [-0.1, -0.05) is 6.92 Å². The average Bonchev–Trinajstić information content (AvgIpc) is 2.43. The van der Waals surface area contributed by atoms with Crippen molar-refractivity contribution in [3.8, 4) is 11.5 Å². The van der Waals surface area contributed by atoms with Crippen molar-refractivity contribution in [3.05, 3.63) is 18.2 Å². The Bertz CT molecular complexity index is 584. The van der Waals surface area contributed by atoms with Gasteiger partial charge in [0.25, 0.3) is 0 Å². The summed E-state index contributed by atoms with van der Waals surface area (Å²) in [5.74, 6) is -0.591. The standard InChI is InChI=1S/C12H17NO6S/c1-4-9(12(14)15)13-20(16,17)8-5-6-10(18-2)11(7-8)19-3/h5-7,9,13H,4H2,1-3H3,(H,14,15)/t9-/m0/s1. The minimum atomic E-state index is -3.94. The van der Waals surface area contributed by atoms with Crippen molar-refractivity contribution in [2.24, 2.45) is 0 Å².